The number of aryl methyl sites for hydroxylation is 2. The number of hydrogen-bond acceptors (Lipinski definition) is 8. The number of rotatable bonds is 15. The molecular formula is C45H70N4O7. The maximum atomic E-state index is 13.1. The smallest absolute Gasteiger partial charge is 0.407 e. The quantitative estimate of drug-likeness (QED) is 0.102. The van der Waals surface area contributed by atoms with Crippen LogP contribution in [0.2, 0.25) is 0 Å². The Bertz CT molecular complexity index is 1570. The van der Waals surface area contributed by atoms with Gasteiger partial charge in [0.1, 0.15) is 5.60 Å². The first-order chi connectivity index (χ1) is 26.6. The molecule has 0 radical (unpaired) electrons. The van der Waals surface area contributed by atoms with Crippen molar-refractivity contribution in [2.24, 2.45) is 11.8 Å². The van der Waals surface area contributed by atoms with Crippen LogP contribution in [0, 0.1) is 18.8 Å². The number of esters is 2. The van der Waals surface area contributed by atoms with Gasteiger partial charge in [-0.25, -0.2) is 14.4 Å². The Morgan fingerprint density at radius 3 is 1.80 bits per heavy atom. The van der Waals surface area contributed by atoms with Crippen molar-refractivity contribution in [3.8, 4) is 0 Å². The molecule has 0 unspecified atom stereocenters. The van der Waals surface area contributed by atoms with Crippen molar-refractivity contribution in [3.63, 3.8) is 0 Å². The molecule has 3 aromatic carbocycles. The lowest BCUT2D eigenvalue weighted by molar-refractivity contribution is -0.152. The number of carbonyl (C=O) groups excluding carboxylic acids is 4. The van der Waals surface area contributed by atoms with E-state index in [1.54, 1.807) is 45.0 Å². The summed E-state index contributed by atoms with van der Waals surface area (Å²) in [6.45, 7) is 29.3. The van der Waals surface area contributed by atoms with Gasteiger partial charge in [0.25, 0.3) is 0 Å². The predicted octanol–water partition coefficient (Wildman–Crippen LogP) is 11.2. The zero-order valence-electron chi connectivity index (χ0n) is 36.6. The van der Waals surface area contributed by atoms with Crippen LogP contribution in [0.4, 0.5) is 26.7 Å². The van der Waals surface area contributed by atoms with E-state index in [0.717, 1.165) is 35.5 Å². The highest BCUT2D eigenvalue weighted by molar-refractivity contribution is 6.02. The van der Waals surface area contributed by atoms with E-state index >= 15 is 0 Å². The van der Waals surface area contributed by atoms with Crippen LogP contribution in [0.3, 0.4) is 0 Å². The number of nitrogens with one attached hydrogen (secondary N) is 3. The summed E-state index contributed by atoms with van der Waals surface area (Å²) >= 11 is 0. The number of hydrogen-bond donors (Lipinski definition) is 3. The molecule has 0 saturated carbocycles. The molecule has 0 aliphatic rings. The number of anilines is 3. The van der Waals surface area contributed by atoms with Gasteiger partial charge in [0, 0.05) is 31.7 Å². The van der Waals surface area contributed by atoms with Crippen LogP contribution in [0.1, 0.15) is 123 Å². The molecule has 0 aliphatic heterocycles. The van der Waals surface area contributed by atoms with Crippen LogP contribution in [-0.4, -0.2) is 49.5 Å². The fraction of sp³-hybridized carbons (Fsp3) is 0.511. The van der Waals surface area contributed by atoms with Crippen LogP contribution in [-0.2, 0) is 32.0 Å². The lowest BCUT2D eigenvalue weighted by Crippen LogP contribution is -2.32. The second-order valence-corrected chi connectivity index (χ2v) is 14.1. The summed E-state index contributed by atoms with van der Waals surface area (Å²) in [5.74, 6) is -0.372. The van der Waals surface area contributed by atoms with Gasteiger partial charge in [0.05, 0.1) is 16.9 Å². The van der Waals surface area contributed by atoms with Crippen LogP contribution in [0.15, 0.2) is 66.7 Å². The minimum atomic E-state index is -0.646. The molecule has 0 aliphatic carbocycles. The van der Waals surface area contributed by atoms with Crippen molar-refractivity contribution in [3.05, 3.63) is 89.0 Å². The van der Waals surface area contributed by atoms with Crippen molar-refractivity contribution in [2.75, 3.05) is 35.4 Å². The van der Waals surface area contributed by atoms with E-state index in [4.69, 9.17) is 14.2 Å². The van der Waals surface area contributed by atoms with E-state index in [1.165, 1.54) is 0 Å². The molecule has 3 aromatic rings. The number of amides is 3. The number of nitrogens with zero attached hydrogens (tertiary/aromatic N) is 1. The maximum absolute atomic E-state index is 13.1. The van der Waals surface area contributed by atoms with Gasteiger partial charge >= 0.3 is 24.1 Å². The number of benzene rings is 3. The van der Waals surface area contributed by atoms with Gasteiger partial charge in [0.2, 0.25) is 6.79 Å². The molecule has 0 spiro atoms. The third-order valence-electron chi connectivity index (χ3n) is 7.18. The first kappa shape index (κ1) is 50.9. The maximum Gasteiger partial charge on any atom is 0.407 e. The van der Waals surface area contributed by atoms with Gasteiger partial charge < -0.3 is 35.1 Å². The number of carbonyl (C=O) groups is 4. The minimum Gasteiger partial charge on any atom is -0.444 e. The standard InChI is InChI=1S/C39H52N4O7.3C2H6/c1-26(2)23-43(24-27(3)4)34-19-13-29(21-33(34)42-37(46)41-32-17-9-28(5)10-18-32)14-20-35(44)48-25-49-36(45)31-15-11-30(12-16-31)22-40-38(47)50-39(6,7)8;3*1-2/h9-13,15-19,21,26-27H,14,20,22-25H2,1-8H3,(H,40,47)(H2,41,42,46);3*1-2H3. The minimum absolute atomic E-state index is 0.0486. The van der Waals surface area contributed by atoms with Crippen molar-refractivity contribution < 1.29 is 33.4 Å². The highest BCUT2D eigenvalue weighted by Gasteiger charge is 2.18. The highest BCUT2D eigenvalue weighted by Crippen LogP contribution is 2.30. The largest absolute Gasteiger partial charge is 0.444 e. The van der Waals surface area contributed by atoms with Crippen molar-refractivity contribution in [1.29, 1.82) is 0 Å². The van der Waals surface area contributed by atoms with Crippen LogP contribution < -0.4 is 20.9 Å². The van der Waals surface area contributed by atoms with Crippen molar-refractivity contribution in [1.82, 2.24) is 5.32 Å². The summed E-state index contributed by atoms with van der Waals surface area (Å²) in [5, 5.41) is 8.58. The molecule has 11 heteroatoms. The molecule has 0 bridgehead atoms. The third-order valence-corrected chi connectivity index (χ3v) is 7.18. The second-order valence-electron chi connectivity index (χ2n) is 14.1. The Labute approximate surface area is 337 Å². The average molecular weight is 779 g/mol. The van der Waals surface area contributed by atoms with Crippen LogP contribution >= 0.6 is 0 Å². The van der Waals surface area contributed by atoms with E-state index in [9.17, 15) is 19.2 Å². The lowest BCUT2D eigenvalue weighted by Gasteiger charge is -2.30. The van der Waals surface area contributed by atoms with E-state index in [-0.39, 0.29) is 24.6 Å². The van der Waals surface area contributed by atoms with Gasteiger partial charge in [0.15, 0.2) is 0 Å². The Morgan fingerprint density at radius 2 is 1.27 bits per heavy atom. The molecule has 3 amide bonds. The SMILES string of the molecule is CC.CC.CC.Cc1ccc(NC(=O)Nc2cc(CCC(=O)OCOC(=O)c3ccc(CNC(=O)OC(C)(C)C)cc3)ccc2N(CC(C)C)CC(C)C)cc1. The summed E-state index contributed by atoms with van der Waals surface area (Å²) < 4.78 is 15.5. The predicted molar refractivity (Wildman–Crippen MR) is 230 cm³/mol. The molecule has 0 aromatic heterocycles. The van der Waals surface area contributed by atoms with Crippen LogP contribution in [0.5, 0.6) is 0 Å². The molecule has 3 N–H and O–H groups in total. The number of urea groups is 1. The lowest BCUT2D eigenvalue weighted by atomic mass is 10.1. The summed E-state index contributed by atoms with van der Waals surface area (Å²) in [7, 11) is 0. The third kappa shape index (κ3) is 21.1. The fourth-order valence-corrected chi connectivity index (χ4v) is 4.99. The van der Waals surface area contributed by atoms with E-state index in [0.29, 0.717) is 29.6 Å². The van der Waals surface area contributed by atoms with E-state index < -0.39 is 30.4 Å². The summed E-state index contributed by atoms with van der Waals surface area (Å²) in [4.78, 5) is 52.2. The molecule has 11 nitrogen and oxygen atoms in total. The first-order valence-electron chi connectivity index (χ1n) is 20.0. The van der Waals surface area contributed by atoms with E-state index in [1.807, 2.05) is 90.9 Å². The summed E-state index contributed by atoms with van der Waals surface area (Å²) in [6.07, 6.45) is -0.130. The molecule has 312 valence electrons. The van der Waals surface area contributed by atoms with Gasteiger partial charge in [-0.05, 0) is 93.5 Å². The first-order valence-corrected chi connectivity index (χ1v) is 20.0. The van der Waals surface area contributed by atoms with Gasteiger partial charge in [-0.3, -0.25) is 4.79 Å². The molecule has 3 rings (SSSR count). The van der Waals surface area contributed by atoms with Gasteiger partial charge in [-0.1, -0.05) is 105 Å². The zero-order valence-corrected chi connectivity index (χ0v) is 36.6. The molecular weight excluding hydrogens is 709 g/mol. The van der Waals surface area contributed by atoms with Gasteiger partial charge in [-0.2, -0.15) is 0 Å². The summed E-state index contributed by atoms with van der Waals surface area (Å²) in [6, 6.07) is 19.5. The normalized spacial score (nSPS) is 10.3. The Hall–Kier alpha value is -5.06. The van der Waals surface area contributed by atoms with Gasteiger partial charge in [-0.15, -0.1) is 0 Å². The Morgan fingerprint density at radius 1 is 0.714 bits per heavy atom. The molecule has 0 saturated heterocycles. The highest BCUT2D eigenvalue weighted by atomic mass is 16.7. The number of ether oxygens (including phenoxy) is 3. The second kappa shape index (κ2) is 27.5. The molecule has 56 heavy (non-hydrogen) atoms. The monoisotopic (exact) mass is 779 g/mol. The average Bonchev–Trinajstić information content (AvgIpc) is 3.15. The molecule has 0 heterocycles. The molecule has 0 fully saturated rings. The molecule has 0 atom stereocenters. The number of alkyl carbamates (subject to hydrolysis) is 1. The van der Waals surface area contributed by atoms with Crippen molar-refractivity contribution in [2.45, 2.75) is 122 Å². The summed E-state index contributed by atoms with van der Waals surface area (Å²) in [5.41, 5.74) is 4.60. The van der Waals surface area contributed by atoms with Crippen LogP contribution in [0.25, 0.3) is 0 Å². The Kier molecular flexibility index (Phi) is 25.0. The topological polar surface area (TPSA) is 135 Å². The van der Waals surface area contributed by atoms with E-state index in [2.05, 4.69) is 48.5 Å². The fourth-order valence-electron chi connectivity index (χ4n) is 4.99. The Balaban J connectivity index is 0.00000480. The zero-order chi connectivity index (χ0) is 42.8. The van der Waals surface area contributed by atoms with Crippen molar-refractivity contribution >= 4 is 41.1 Å².